The van der Waals surface area contributed by atoms with E-state index >= 15 is 0 Å². The number of halogens is 3. The van der Waals surface area contributed by atoms with Crippen LogP contribution in [0.4, 0.5) is 13.2 Å². The largest absolute Gasteiger partial charge is 0.408 e. The van der Waals surface area contributed by atoms with Crippen LogP contribution in [0, 0.1) is 0 Å². The number of alkyl halides is 3. The minimum absolute atomic E-state index is 0.113. The Kier molecular flexibility index (Phi) is 4.00. The summed E-state index contributed by atoms with van der Waals surface area (Å²) in [6.45, 7) is 0.106. The van der Waals surface area contributed by atoms with Crippen molar-refractivity contribution in [1.82, 2.24) is 5.32 Å². The third kappa shape index (κ3) is 3.08. The Labute approximate surface area is 87.9 Å². The van der Waals surface area contributed by atoms with Crippen LogP contribution in [0.25, 0.3) is 0 Å². The molecule has 0 aliphatic heterocycles. The summed E-state index contributed by atoms with van der Waals surface area (Å²) in [5, 5.41) is 11.4. The summed E-state index contributed by atoms with van der Waals surface area (Å²) in [4.78, 5) is 0. The van der Waals surface area contributed by atoms with Crippen LogP contribution in [0.1, 0.15) is 39.0 Å². The van der Waals surface area contributed by atoms with E-state index in [1.807, 2.05) is 0 Å². The van der Waals surface area contributed by atoms with Crippen molar-refractivity contribution in [3.8, 4) is 0 Å². The molecule has 0 heterocycles. The molecule has 1 rings (SSSR count). The highest BCUT2D eigenvalue weighted by Gasteiger charge is 2.51. The van der Waals surface area contributed by atoms with Crippen molar-refractivity contribution in [1.29, 1.82) is 0 Å². The van der Waals surface area contributed by atoms with Crippen LogP contribution in [0.5, 0.6) is 0 Å². The van der Waals surface area contributed by atoms with E-state index in [2.05, 4.69) is 5.32 Å². The van der Waals surface area contributed by atoms with E-state index in [0.29, 0.717) is 0 Å². The predicted octanol–water partition coefficient (Wildman–Crippen LogP) is 2.22. The molecule has 0 saturated heterocycles. The lowest BCUT2D eigenvalue weighted by molar-refractivity contribution is -0.204. The molecule has 5 heteroatoms. The molecule has 0 spiro atoms. The van der Waals surface area contributed by atoms with Gasteiger partial charge in [0, 0.05) is 6.04 Å². The maximum atomic E-state index is 12.6. The van der Waals surface area contributed by atoms with Gasteiger partial charge in [-0.05, 0) is 19.8 Å². The first kappa shape index (κ1) is 12.8. The van der Waals surface area contributed by atoms with Crippen LogP contribution >= 0.6 is 0 Å². The summed E-state index contributed by atoms with van der Waals surface area (Å²) in [6, 6.07) is -0.113. The lowest BCUT2D eigenvalue weighted by Crippen LogP contribution is -2.60. The van der Waals surface area contributed by atoms with Crippen molar-refractivity contribution in [2.45, 2.75) is 56.8 Å². The molecule has 0 amide bonds. The zero-order chi connectivity index (χ0) is 11.5. The lowest BCUT2D eigenvalue weighted by atomic mass is 9.92. The van der Waals surface area contributed by atoms with Gasteiger partial charge in [-0.1, -0.05) is 19.3 Å². The van der Waals surface area contributed by atoms with Gasteiger partial charge in [0.25, 0.3) is 0 Å². The average Bonchev–Trinajstić information content (AvgIpc) is 2.17. The minimum atomic E-state index is -4.40. The van der Waals surface area contributed by atoms with Gasteiger partial charge in [0.15, 0.2) is 0 Å². The number of hydrogen-bond acceptors (Lipinski definition) is 2. The van der Waals surface area contributed by atoms with E-state index in [1.54, 1.807) is 0 Å². The molecular weight excluding hydrogens is 207 g/mol. The van der Waals surface area contributed by atoms with Crippen molar-refractivity contribution < 1.29 is 18.3 Å². The van der Waals surface area contributed by atoms with Crippen molar-refractivity contribution in [3.63, 3.8) is 0 Å². The van der Waals surface area contributed by atoms with Gasteiger partial charge >= 0.3 is 6.18 Å². The number of nitrogens with one attached hydrogen (secondary N) is 1. The highest BCUT2D eigenvalue weighted by Crippen LogP contribution is 2.31. The van der Waals surface area contributed by atoms with Crippen molar-refractivity contribution in [3.05, 3.63) is 0 Å². The van der Waals surface area contributed by atoms with Crippen molar-refractivity contribution >= 4 is 0 Å². The first-order chi connectivity index (χ1) is 6.89. The molecule has 0 radical (unpaired) electrons. The molecule has 1 fully saturated rings. The average molecular weight is 225 g/mol. The van der Waals surface area contributed by atoms with E-state index in [-0.39, 0.29) is 6.04 Å². The van der Waals surface area contributed by atoms with E-state index in [0.717, 1.165) is 39.0 Å². The third-order valence-electron chi connectivity index (χ3n) is 3.07. The normalized spacial score (nSPS) is 23.8. The predicted molar refractivity (Wildman–Crippen MR) is 51.6 cm³/mol. The fraction of sp³-hybridized carbons (Fsp3) is 1.00. The first-order valence-corrected chi connectivity index (χ1v) is 5.34. The third-order valence-corrected chi connectivity index (χ3v) is 3.07. The van der Waals surface area contributed by atoms with Crippen LogP contribution in [-0.2, 0) is 0 Å². The molecule has 0 aromatic rings. The molecular formula is C10H18F3NO. The molecule has 1 aliphatic carbocycles. The van der Waals surface area contributed by atoms with Crippen LogP contribution in [0.15, 0.2) is 0 Å². The molecule has 2 nitrogen and oxygen atoms in total. The van der Waals surface area contributed by atoms with E-state index in [1.165, 1.54) is 0 Å². The molecule has 1 aliphatic rings. The molecule has 1 atom stereocenters. The Morgan fingerprint density at radius 2 is 1.73 bits per heavy atom. The molecule has 0 bridgehead atoms. The zero-order valence-electron chi connectivity index (χ0n) is 8.90. The van der Waals surface area contributed by atoms with E-state index < -0.39 is 18.3 Å². The van der Waals surface area contributed by atoms with Gasteiger partial charge in [-0.2, -0.15) is 13.2 Å². The van der Waals surface area contributed by atoms with Crippen LogP contribution in [0.2, 0.25) is 0 Å². The highest BCUT2D eigenvalue weighted by atomic mass is 19.4. The molecule has 15 heavy (non-hydrogen) atoms. The standard InChI is InChI=1S/C10H18F3NO/c1-9(7-15,10(11,12)13)14-8-5-3-2-4-6-8/h8,14-15H,2-7H2,1H3. The molecule has 90 valence electrons. The quantitative estimate of drug-likeness (QED) is 0.772. The fourth-order valence-electron chi connectivity index (χ4n) is 1.91. The molecule has 2 N–H and O–H groups in total. The second-order valence-corrected chi connectivity index (χ2v) is 4.47. The summed E-state index contributed by atoms with van der Waals surface area (Å²) in [7, 11) is 0. The van der Waals surface area contributed by atoms with Gasteiger partial charge in [-0.25, -0.2) is 0 Å². The minimum Gasteiger partial charge on any atom is -0.394 e. The van der Waals surface area contributed by atoms with Crippen LogP contribution in [-0.4, -0.2) is 29.5 Å². The fourth-order valence-corrected chi connectivity index (χ4v) is 1.91. The first-order valence-electron chi connectivity index (χ1n) is 5.34. The number of aliphatic hydroxyl groups excluding tert-OH is 1. The van der Waals surface area contributed by atoms with Gasteiger partial charge < -0.3 is 5.11 Å². The Morgan fingerprint density at radius 1 is 1.20 bits per heavy atom. The van der Waals surface area contributed by atoms with E-state index in [9.17, 15) is 13.2 Å². The smallest absolute Gasteiger partial charge is 0.394 e. The van der Waals surface area contributed by atoms with Gasteiger partial charge in [-0.15, -0.1) is 0 Å². The Morgan fingerprint density at radius 3 is 2.13 bits per heavy atom. The van der Waals surface area contributed by atoms with E-state index in [4.69, 9.17) is 5.11 Å². The second kappa shape index (κ2) is 4.70. The lowest BCUT2D eigenvalue weighted by Gasteiger charge is -2.36. The Hall–Kier alpha value is -0.290. The van der Waals surface area contributed by atoms with Gasteiger partial charge in [0.05, 0.1) is 6.61 Å². The van der Waals surface area contributed by atoms with Crippen molar-refractivity contribution in [2.24, 2.45) is 0 Å². The van der Waals surface area contributed by atoms with Gasteiger partial charge in [0.2, 0.25) is 0 Å². The summed E-state index contributed by atoms with van der Waals surface area (Å²) >= 11 is 0. The number of aliphatic hydroxyl groups is 1. The summed E-state index contributed by atoms with van der Waals surface area (Å²) in [6.07, 6.45) is 0.171. The molecule has 0 aromatic heterocycles. The maximum absolute atomic E-state index is 12.6. The molecule has 1 saturated carbocycles. The second-order valence-electron chi connectivity index (χ2n) is 4.47. The van der Waals surface area contributed by atoms with Gasteiger partial charge in [-0.3, -0.25) is 5.32 Å². The monoisotopic (exact) mass is 225 g/mol. The molecule has 1 unspecified atom stereocenters. The van der Waals surface area contributed by atoms with Crippen molar-refractivity contribution in [2.75, 3.05) is 6.61 Å². The summed E-state index contributed by atoms with van der Waals surface area (Å²) in [5.41, 5.74) is -2.16. The number of hydrogen-bond donors (Lipinski definition) is 2. The topological polar surface area (TPSA) is 32.3 Å². The number of rotatable bonds is 3. The van der Waals surface area contributed by atoms with Gasteiger partial charge in [0.1, 0.15) is 5.54 Å². The highest BCUT2D eigenvalue weighted by molar-refractivity contribution is 4.93. The van der Waals surface area contributed by atoms with Crippen LogP contribution in [0.3, 0.4) is 0 Å². The summed E-state index contributed by atoms with van der Waals surface area (Å²) in [5.74, 6) is 0. The zero-order valence-corrected chi connectivity index (χ0v) is 8.90. The maximum Gasteiger partial charge on any atom is 0.408 e. The molecule has 0 aromatic carbocycles. The SMILES string of the molecule is CC(CO)(NC1CCCCC1)C(F)(F)F. The van der Waals surface area contributed by atoms with Crippen LogP contribution < -0.4 is 5.32 Å². The Bertz CT molecular complexity index is 201. The summed E-state index contributed by atoms with van der Waals surface area (Å²) < 4.78 is 37.9. The Balaban J connectivity index is 2.58.